The molecule has 0 aliphatic heterocycles. The number of aromatic nitrogens is 2. The number of carbonyl (C=O) groups excluding carboxylic acids is 1. The van der Waals surface area contributed by atoms with Crippen molar-refractivity contribution in [2.75, 3.05) is 12.4 Å². The van der Waals surface area contributed by atoms with E-state index in [0.29, 0.717) is 12.1 Å². The van der Waals surface area contributed by atoms with Crippen LogP contribution in [0.25, 0.3) is 11.0 Å². The number of nitrogens with zero attached hydrogens (tertiary/aromatic N) is 3. The van der Waals surface area contributed by atoms with E-state index in [2.05, 4.69) is 14.9 Å². The van der Waals surface area contributed by atoms with Crippen LogP contribution in [0.5, 0.6) is 0 Å². The van der Waals surface area contributed by atoms with E-state index in [9.17, 15) is 19.7 Å². The largest absolute Gasteiger partial charge is 0.481 e. The summed E-state index contributed by atoms with van der Waals surface area (Å²) in [5.41, 5.74) is 0.408. The molecule has 146 valence electrons. The summed E-state index contributed by atoms with van der Waals surface area (Å²) < 4.78 is 9.58. The van der Waals surface area contributed by atoms with Gasteiger partial charge in [0.2, 0.25) is 5.52 Å². The van der Waals surface area contributed by atoms with Gasteiger partial charge in [-0.3, -0.25) is 19.7 Å². The van der Waals surface area contributed by atoms with Gasteiger partial charge >= 0.3 is 17.6 Å². The molecule has 10 nitrogen and oxygen atoms in total. The van der Waals surface area contributed by atoms with E-state index < -0.39 is 16.9 Å². The summed E-state index contributed by atoms with van der Waals surface area (Å²) in [5.74, 6) is -0.703. The Morgan fingerprint density at radius 3 is 2.63 bits per heavy atom. The molecule has 1 aromatic heterocycles. The number of benzene rings is 1. The summed E-state index contributed by atoms with van der Waals surface area (Å²) in [6, 6.07) is 3.04. The van der Waals surface area contributed by atoms with Gasteiger partial charge in [0.1, 0.15) is 0 Å². The molecule has 11 heteroatoms. The van der Waals surface area contributed by atoms with Crippen LogP contribution in [0.1, 0.15) is 38.5 Å². The number of hydrogen-bond donors (Lipinski definition) is 1. The maximum absolute atomic E-state index is 11.2. The number of carbonyl (C=O) groups is 2. The second-order valence-corrected chi connectivity index (χ2v) is 6.82. The normalized spacial score (nSPS) is 10.8. The summed E-state index contributed by atoms with van der Waals surface area (Å²) in [6.45, 7) is 0.291. The number of nitro benzene ring substituents is 1. The van der Waals surface area contributed by atoms with Crippen molar-refractivity contribution in [3.8, 4) is 0 Å². The Hall–Kier alpha value is -2.69. The first-order chi connectivity index (χ1) is 13.0. The zero-order valence-corrected chi connectivity index (χ0v) is 15.3. The first kappa shape index (κ1) is 20.6. The quantitative estimate of drug-likeness (QED) is 0.186. The second kappa shape index (κ2) is 10.5. The van der Waals surface area contributed by atoms with Gasteiger partial charge in [0.25, 0.3) is 0 Å². The Labute approximate surface area is 158 Å². The van der Waals surface area contributed by atoms with Crippen LogP contribution in [-0.2, 0) is 14.3 Å². The molecule has 0 amide bonds. The third kappa shape index (κ3) is 6.51. The molecular weight excluding hydrogens is 378 g/mol. The van der Waals surface area contributed by atoms with E-state index >= 15 is 0 Å². The third-order valence-corrected chi connectivity index (χ3v) is 4.79. The van der Waals surface area contributed by atoms with Crippen molar-refractivity contribution < 1.29 is 29.0 Å². The number of aliphatic carboxylic acids is 1. The number of non-ortho nitro benzene ring substituents is 1. The van der Waals surface area contributed by atoms with Crippen molar-refractivity contribution in [3.05, 3.63) is 22.2 Å². The summed E-state index contributed by atoms with van der Waals surface area (Å²) in [7, 11) is 0. The number of unbranched alkanes of at least 4 members (excludes halogenated alkanes) is 3. The molecule has 0 unspecified atom stereocenters. The fourth-order valence-corrected chi connectivity index (χ4v) is 3.30. The minimum atomic E-state index is -1.02. The monoisotopic (exact) mass is 397 g/mol. The molecular formula is C16H19N3O7S. The Bertz CT molecular complexity index is 808. The van der Waals surface area contributed by atoms with Gasteiger partial charge in [-0.05, 0) is 35.0 Å². The van der Waals surface area contributed by atoms with E-state index in [4.69, 9.17) is 9.84 Å². The van der Waals surface area contributed by atoms with Gasteiger partial charge < -0.3 is 9.84 Å². The van der Waals surface area contributed by atoms with Crippen molar-refractivity contribution in [2.45, 2.75) is 43.4 Å². The lowest BCUT2D eigenvalue weighted by Gasteiger charge is -2.04. The Kier molecular flexibility index (Phi) is 7.99. The maximum atomic E-state index is 11.2. The molecule has 0 atom stereocenters. The van der Waals surface area contributed by atoms with Crippen molar-refractivity contribution in [3.63, 3.8) is 0 Å². The number of ether oxygens (including phenoxy) is 1. The van der Waals surface area contributed by atoms with Crippen LogP contribution >= 0.6 is 11.8 Å². The Morgan fingerprint density at radius 2 is 1.89 bits per heavy atom. The number of carboxylic acids is 1. The fraction of sp³-hybridized carbons (Fsp3) is 0.500. The lowest BCUT2D eigenvalue weighted by Crippen LogP contribution is -2.08. The van der Waals surface area contributed by atoms with E-state index in [1.54, 1.807) is 6.07 Å². The second-order valence-electron chi connectivity index (χ2n) is 5.68. The molecule has 2 rings (SSSR count). The number of thioether (sulfide) groups is 1. The summed E-state index contributed by atoms with van der Waals surface area (Å²) in [6.07, 6.45) is 3.14. The molecule has 0 fully saturated rings. The van der Waals surface area contributed by atoms with Crippen LogP contribution in [-0.4, -0.2) is 44.6 Å². The molecule has 0 aliphatic carbocycles. The molecule has 1 heterocycles. The average molecular weight is 397 g/mol. The van der Waals surface area contributed by atoms with Crippen molar-refractivity contribution >= 4 is 40.4 Å². The highest BCUT2D eigenvalue weighted by Gasteiger charge is 2.19. The molecule has 0 radical (unpaired) electrons. The van der Waals surface area contributed by atoms with Crippen LogP contribution in [0, 0.1) is 10.1 Å². The third-order valence-electron chi connectivity index (χ3n) is 3.66. The van der Waals surface area contributed by atoms with Gasteiger partial charge in [-0.2, -0.15) is 0 Å². The standard InChI is InChI=1S/C16H19N3O7S/c20-13(21)7-8-14(22)25-9-3-1-2-4-10-27-12-6-5-11(19(23)24)15-16(12)18-26-17-15/h5-6H,1-4,7-10H2,(H,20,21). The van der Waals surface area contributed by atoms with E-state index in [1.165, 1.54) is 17.8 Å². The van der Waals surface area contributed by atoms with Gasteiger partial charge in [0.15, 0.2) is 5.52 Å². The Morgan fingerprint density at radius 1 is 1.15 bits per heavy atom. The lowest BCUT2D eigenvalue weighted by atomic mass is 10.2. The average Bonchev–Trinajstić information content (AvgIpc) is 3.11. The molecule has 1 aromatic carbocycles. The highest BCUT2D eigenvalue weighted by atomic mass is 32.2. The topological polar surface area (TPSA) is 146 Å². The van der Waals surface area contributed by atoms with Gasteiger partial charge in [-0.1, -0.05) is 12.8 Å². The van der Waals surface area contributed by atoms with Gasteiger partial charge in [-0.15, -0.1) is 11.8 Å². The minimum absolute atomic E-state index is 0.105. The van der Waals surface area contributed by atoms with Crippen LogP contribution in [0.3, 0.4) is 0 Å². The molecule has 0 saturated carbocycles. The molecule has 1 N–H and O–H groups in total. The summed E-state index contributed by atoms with van der Waals surface area (Å²) in [4.78, 5) is 32.8. The van der Waals surface area contributed by atoms with Crippen molar-refractivity contribution in [1.82, 2.24) is 10.3 Å². The number of fused-ring (bicyclic) bond motifs is 1. The van der Waals surface area contributed by atoms with Crippen molar-refractivity contribution in [2.24, 2.45) is 0 Å². The highest BCUT2D eigenvalue weighted by Crippen LogP contribution is 2.32. The number of rotatable bonds is 12. The molecule has 0 aliphatic rings. The van der Waals surface area contributed by atoms with Gasteiger partial charge in [0, 0.05) is 11.0 Å². The number of esters is 1. The van der Waals surface area contributed by atoms with Crippen LogP contribution in [0.15, 0.2) is 21.7 Å². The van der Waals surface area contributed by atoms with E-state index in [1.807, 2.05) is 0 Å². The number of carboxylic acid groups (broad SMARTS) is 1. The van der Waals surface area contributed by atoms with Gasteiger partial charge in [-0.25, -0.2) is 4.63 Å². The maximum Gasteiger partial charge on any atom is 0.306 e. The van der Waals surface area contributed by atoms with E-state index in [0.717, 1.165) is 36.3 Å². The zero-order chi connectivity index (χ0) is 19.6. The van der Waals surface area contributed by atoms with Crippen LogP contribution in [0.4, 0.5) is 5.69 Å². The van der Waals surface area contributed by atoms with Crippen molar-refractivity contribution in [1.29, 1.82) is 0 Å². The number of hydrogen-bond acceptors (Lipinski definition) is 9. The summed E-state index contributed by atoms with van der Waals surface area (Å²) >= 11 is 1.53. The smallest absolute Gasteiger partial charge is 0.306 e. The SMILES string of the molecule is O=C(O)CCC(=O)OCCCCCCSc1ccc([N+](=O)[O-])c2nonc12. The first-order valence-corrected chi connectivity index (χ1v) is 9.37. The zero-order valence-electron chi connectivity index (χ0n) is 14.5. The predicted molar refractivity (Wildman–Crippen MR) is 95.5 cm³/mol. The van der Waals surface area contributed by atoms with Crippen LogP contribution < -0.4 is 0 Å². The molecule has 0 saturated heterocycles. The molecule has 0 bridgehead atoms. The molecule has 0 spiro atoms. The molecule has 2 aromatic rings. The fourth-order valence-electron chi connectivity index (χ4n) is 2.30. The van der Waals surface area contributed by atoms with Gasteiger partial charge in [0.05, 0.1) is 24.4 Å². The molecule has 27 heavy (non-hydrogen) atoms. The van der Waals surface area contributed by atoms with E-state index in [-0.39, 0.29) is 24.0 Å². The lowest BCUT2D eigenvalue weighted by molar-refractivity contribution is -0.383. The van der Waals surface area contributed by atoms with Crippen LogP contribution in [0.2, 0.25) is 0 Å². The minimum Gasteiger partial charge on any atom is -0.481 e. The predicted octanol–water partition coefficient (Wildman–Crippen LogP) is 3.19. The first-order valence-electron chi connectivity index (χ1n) is 8.39. The highest BCUT2D eigenvalue weighted by molar-refractivity contribution is 7.99. The number of nitro groups is 1. The summed E-state index contributed by atoms with van der Waals surface area (Å²) in [5, 5.41) is 26.8. The Balaban J connectivity index is 1.62.